The number of aryl methyl sites for hydroxylation is 2. The van der Waals surface area contributed by atoms with Gasteiger partial charge in [0, 0.05) is 18.7 Å². The molecule has 0 atom stereocenters. The zero-order valence-corrected chi connectivity index (χ0v) is 13.1. The number of rotatable bonds is 4. The number of nitrogens with one attached hydrogen (secondary N) is 1. The molecule has 0 radical (unpaired) electrons. The minimum Gasteiger partial charge on any atom is -0.356 e. The van der Waals surface area contributed by atoms with E-state index in [1.807, 2.05) is 6.92 Å². The molecule has 0 bridgehead atoms. The van der Waals surface area contributed by atoms with Crippen LogP contribution < -0.4 is 5.32 Å². The molecule has 0 spiro atoms. The largest absolute Gasteiger partial charge is 0.356 e. The van der Waals surface area contributed by atoms with Crippen LogP contribution in [-0.4, -0.2) is 22.7 Å². The fourth-order valence-electron chi connectivity index (χ4n) is 1.97. The summed E-state index contributed by atoms with van der Waals surface area (Å²) in [6.45, 7) is 4.53. The molecule has 1 heterocycles. The molecule has 1 N–H and O–H groups in total. The SMILES string of the molecule is CNC(=O)/C=C/c1c(C)nn(Cc2ccc(C)cc2)c1Cl. The van der Waals surface area contributed by atoms with Gasteiger partial charge in [-0.1, -0.05) is 41.4 Å². The van der Waals surface area contributed by atoms with Crippen LogP contribution in [0.25, 0.3) is 6.08 Å². The molecule has 21 heavy (non-hydrogen) atoms. The Balaban J connectivity index is 2.24. The van der Waals surface area contributed by atoms with Crippen molar-refractivity contribution in [2.75, 3.05) is 7.05 Å². The van der Waals surface area contributed by atoms with Crippen LogP contribution >= 0.6 is 11.6 Å². The van der Waals surface area contributed by atoms with Gasteiger partial charge in [-0.2, -0.15) is 5.10 Å². The lowest BCUT2D eigenvalue weighted by molar-refractivity contribution is -0.115. The second kappa shape index (κ2) is 6.59. The van der Waals surface area contributed by atoms with Crippen molar-refractivity contribution in [3.05, 3.63) is 57.9 Å². The second-order valence-electron chi connectivity index (χ2n) is 4.88. The smallest absolute Gasteiger partial charge is 0.243 e. The Bertz CT molecular complexity index is 672. The van der Waals surface area contributed by atoms with E-state index in [4.69, 9.17) is 11.6 Å². The molecule has 0 fully saturated rings. The summed E-state index contributed by atoms with van der Waals surface area (Å²) in [5.74, 6) is -0.170. The average molecular weight is 304 g/mol. The number of amides is 1. The van der Waals surface area contributed by atoms with Gasteiger partial charge in [-0.15, -0.1) is 0 Å². The average Bonchev–Trinajstić information content (AvgIpc) is 2.73. The normalized spacial score (nSPS) is 11.0. The lowest BCUT2D eigenvalue weighted by Gasteiger charge is -2.04. The molecule has 0 saturated heterocycles. The highest BCUT2D eigenvalue weighted by Gasteiger charge is 2.11. The van der Waals surface area contributed by atoms with Gasteiger partial charge in [-0.3, -0.25) is 4.79 Å². The van der Waals surface area contributed by atoms with Crippen molar-refractivity contribution >= 4 is 23.6 Å². The van der Waals surface area contributed by atoms with Gasteiger partial charge in [0.1, 0.15) is 5.15 Å². The number of benzene rings is 1. The minimum atomic E-state index is -0.170. The van der Waals surface area contributed by atoms with Crippen LogP contribution in [0.15, 0.2) is 30.3 Å². The van der Waals surface area contributed by atoms with E-state index in [2.05, 4.69) is 41.6 Å². The third kappa shape index (κ3) is 3.73. The first kappa shape index (κ1) is 15.3. The van der Waals surface area contributed by atoms with E-state index in [1.165, 1.54) is 11.6 Å². The Labute approximate surface area is 129 Å². The maximum Gasteiger partial charge on any atom is 0.243 e. The third-order valence-corrected chi connectivity index (χ3v) is 3.61. The van der Waals surface area contributed by atoms with E-state index in [0.29, 0.717) is 11.7 Å². The monoisotopic (exact) mass is 303 g/mol. The van der Waals surface area contributed by atoms with Gasteiger partial charge in [0.05, 0.1) is 12.2 Å². The van der Waals surface area contributed by atoms with E-state index in [-0.39, 0.29) is 5.91 Å². The molecule has 2 aromatic rings. The summed E-state index contributed by atoms with van der Waals surface area (Å²) in [6, 6.07) is 8.24. The van der Waals surface area contributed by atoms with Gasteiger partial charge < -0.3 is 5.32 Å². The third-order valence-electron chi connectivity index (χ3n) is 3.21. The summed E-state index contributed by atoms with van der Waals surface area (Å²) in [4.78, 5) is 11.3. The fourth-order valence-corrected chi connectivity index (χ4v) is 2.27. The van der Waals surface area contributed by atoms with Crippen LogP contribution in [0.4, 0.5) is 0 Å². The van der Waals surface area contributed by atoms with Gasteiger partial charge in [0.2, 0.25) is 5.91 Å². The predicted octanol–water partition coefficient (Wildman–Crippen LogP) is 2.96. The van der Waals surface area contributed by atoms with Crippen molar-refractivity contribution in [3.63, 3.8) is 0 Å². The number of likely N-dealkylation sites (N-methyl/N-ethyl adjacent to an activating group) is 1. The number of aromatic nitrogens is 2. The molecule has 0 aliphatic heterocycles. The number of nitrogens with zero attached hydrogens (tertiary/aromatic N) is 2. The Kier molecular flexibility index (Phi) is 4.81. The van der Waals surface area contributed by atoms with Gasteiger partial charge in [0.25, 0.3) is 0 Å². The maximum absolute atomic E-state index is 11.3. The van der Waals surface area contributed by atoms with E-state index < -0.39 is 0 Å². The number of hydrogen-bond donors (Lipinski definition) is 1. The Hall–Kier alpha value is -2.07. The highest BCUT2D eigenvalue weighted by Crippen LogP contribution is 2.22. The first-order chi connectivity index (χ1) is 10.0. The summed E-state index contributed by atoms with van der Waals surface area (Å²) >= 11 is 6.35. The van der Waals surface area contributed by atoms with Crippen LogP contribution in [0.2, 0.25) is 5.15 Å². The van der Waals surface area contributed by atoms with Crippen LogP contribution in [-0.2, 0) is 11.3 Å². The first-order valence-electron chi connectivity index (χ1n) is 6.69. The van der Waals surface area contributed by atoms with Gasteiger partial charge in [0.15, 0.2) is 0 Å². The van der Waals surface area contributed by atoms with Crippen molar-refractivity contribution < 1.29 is 4.79 Å². The molecule has 1 aromatic heterocycles. The van der Waals surface area contributed by atoms with Crippen LogP contribution in [0, 0.1) is 13.8 Å². The zero-order valence-electron chi connectivity index (χ0n) is 12.4. The quantitative estimate of drug-likeness (QED) is 0.883. The molecule has 0 saturated carbocycles. The molecule has 0 aliphatic carbocycles. The van der Waals surface area contributed by atoms with Crippen molar-refractivity contribution in [1.82, 2.24) is 15.1 Å². The maximum atomic E-state index is 11.3. The number of carbonyl (C=O) groups is 1. The van der Waals surface area contributed by atoms with Gasteiger partial charge in [-0.05, 0) is 25.5 Å². The topological polar surface area (TPSA) is 46.9 Å². The van der Waals surface area contributed by atoms with Crippen LogP contribution in [0.5, 0.6) is 0 Å². The predicted molar refractivity (Wildman–Crippen MR) is 85.4 cm³/mol. The first-order valence-corrected chi connectivity index (χ1v) is 7.07. The summed E-state index contributed by atoms with van der Waals surface area (Å²) in [6.07, 6.45) is 3.14. The molecular weight excluding hydrogens is 286 g/mol. The minimum absolute atomic E-state index is 0.170. The number of hydrogen-bond acceptors (Lipinski definition) is 2. The molecule has 1 amide bonds. The van der Waals surface area contributed by atoms with Crippen molar-refractivity contribution in [3.8, 4) is 0 Å². The van der Waals surface area contributed by atoms with Gasteiger partial charge in [-0.25, -0.2) is 4.68 Å². The van der Waals surface area contributed by atoms with E-state index in [0.717, 1.165) is 16.8 Å². The Morgan fingerprint density at radius 2 is 2.00 bits per heavy atom. The van der Waals surface area contributed by atoms with E-state index in [9.17, 15) is 4.79 Å². The second-order valence-corrected chi connectivity index (χ2v) is 5.24. The molecule has 0 unspecified atom stereocenters. The standard InChI is InChI=1S/C16H18ClN3O/c1-11-4-6-13(7-5-11)10-20-16(17)14(12(2)19-20)8-9-15(21)18-3/h4-9H,10H2,1-3H3,(H,18,21)/b9-8+. The Morgan fingerprint density at radius 1 is 1.33 bits per heavy atom. The molecule has 5 heteroatoms. The molecule has 2 rings (SSSR count). The summed E-state index contributed by atoms with van der Waals surface area (Å²) in [5, 5.41) is 7.50. The summed E-state index contributed by atoms with van der Waals surface area (Å²) in [5.41, 5.74) is 3.92. The zero-order chi connectivity index (χ0) is 15.4. The molecular formula is C16H18ClN3O. The lowest BCUT2D eigenvalue weighted by Crippen LogP contribution is -2.13. The highest BCUT2D eigenvalue weighted by atomic mass is 35.5. The van der Waals surface area contributed by atoms with Crippen molar-refractivity contribution in [2.24, 2.45) is 0 Å². The molecule has 110 valence electrons. The van der Waals surface area contributed by atoms with E-state index in [1.54, 1.807) is 17.8 Å². The molecule has 4 nitrogen and oxygen atoms in total. The fraction of sp³-hybridized carbons (Fsp3) is 0.250. The van der Waals surface area contributed by atoms with E-state index >= 15 is 0 Å². The lowest BCUT2D eigenvalue weighted by atomic mass is 10.1. The summed E-state index contributed by atoms with van der Waals surface area (Å²) < 4.78 is 1.74. The van der Waals surface area contributed by atoms with Crippen molar-refractivity contribution in [2.45, 2.75) is 20.4 Å². The Morgan fingerprint density at radius 3 is 2.62 bits per heavy atom. The van der Waals surface area contributed by atoms with Gasteiger partial charge >= 0.3 is 0 Å². The van der Waals surface area contributed by atoms with Crippen LogP contribution in [0.1, 0.15) is 22.4 Å². The van der Waals surface area contributed by atoms with Crippen molar-refractivity contribution in [1.29, 1.82) is 0 Å². The number of carbonyl (C=O) groups excluding carboxylic acids is 1. The molecule has 1 aromatic carbocycles. The van der Waals surface area contributed by atoms with Crippen LogP contribution in [0.3, 0.4) is 0 Å². The number of halogens is 1. The highest BCUT2D eigenvalue weighted by molar-refractivity contribution is 6.31. The summed E-state index contributed by atoms with van der Waals surface area (Å²) in [7, 11) is 1.59. The molecule has 0 aliphatic rings.